The number of sulfonamides is 1. The van der Waals surface area contributed by atoms with Gasteiger partial charge in [-0.3, -0.25) is 4.72 Å². The summed E-state index contributed by atoms with van der Waals surface area (Å²) < 4.78 is 25.6. The van der Waals surface area contributed by atoms with E-state index in [1.54, 1.807) is 19.1 Å². The normalized spacial score (nSPS) is 12.7. The van der Waals surface area contributed by atoms with Crippen LogP contribution < -0.4 is 10.0 Å². The van der Waals surface area contributed by atoms with Crippen molar-refractivity contribution < 1.29 is 8.42 Å². The Labute approximate surface area is 131 Å². The van der Waals surface area contributed by atoms with E-state index in [2.05, 4.69) is 15.0 Å². The molecule has 22 heavy (non-hydrogen) atoms. The molecule has 6 heteroatoms. The van der Waals surface area contributed by atoms with E-state index in [1.807, 2.05) is 44.3 Å². The molecule has 0 saturated carbocycles. The van der Waals surface area contributed by atoms with Crippen LogP contribution in [-0.2, 0) is 10.0 Å². The van der Waals surface area contributed by atoms with Crippen molar-refractivity contribution in [2.45, 2.75) is 26.8 Å². The topological polar surface area (TPSA) is 71.1 Å². The predicted octanol–water partition coefficient (Wildman–Crippen LogP) is 3.32. The van der Waals surface area contributed by atoms with Gasteiger partial charge in [0.1, 0.15) is 5.82 Å². The lowest BCUT2D eigenvalue weighted by Gasteiger charge is -2.15. The first-order valence-electron chi connectivity index (χ1n) is 7.19. The Morgan fingerprint density at radius 3 is 2.36 bits per heavy atom. The Morgan fingerprint density at radius 1 is 1.14 bits per heavy atom. The van der Waals surface area contributed by atoms with E-state index < -0.39 is 10.0 Å². The monoisotopic (exact) mass is 319 g/mol. The fourth-order valence-corrected chi connectivity index (χ4v) is 2.59. The summed E-state index contributed by atoms with van der Waals surface area (Å²) in [5.74, 6) is 0.875. The number of rotatable bonds is 6. The molecule has 0 bridgehead atoms. The molecule has 2 aromatic rings. The molecule has 1 aromatic heterocycles. The summed E-state index contributed by atoms with van der Waals surface area (Å²) in [5, 5.41) is 3.31. The summed E-state index contributed by atoms with van der Waals surface area (Å²) in [6.45, 7) is 5.64. The highest BCUT2D eigenvalue weighted by molar-refractivity contribution is 7.92. The van der Waals surface area contributed by atoms with Crippen LogP contribution in [0.15, 0.2) is 42.6 Å². The first kappa shape index (κ1) is 16.3. The largest absolute Gasteiger partial charge is 0.364 e. The van der Waals surface area contributed by atoms with Crippen LogP contribution in [0.3, 0.4) is 0 Å². The molecule has 118 valence electrons. The van der Waals surface area contributed by atoms with Gasteiger partial charge in [0.05, 0.1) is 5.75 Å². The fourth-order valence-electron chi connectivity index (χ4n) is 1.95. The van der Waals surface area contributed by atoms with Crippen molar-refractivity contribution in [3.63, 3.8) is 0 Å². The molecule has 0 radical (unpaired) electrons. The van der Waals surface area contributed by atoms with Gasteiger partial charge in [0.2, 0.25) is 10.0 Å². The molecule has 5 nitrogen and oxygen atoms in total. The van der Waals surface area contributed by atoms with Crippen LogP contribution in [0.5, 0.6) is 0 Å². The highest BCUT2D eigenvalue weighted by atomic mass is 32.2. The van der Waals surface area contributed by atoms with Crippen LogP contribution in [0, 0.1) is 6.92 Å². The minimum absolute atomic E-state index is 0.0613. The Balaban J connectivity index is 2.04. The molecule has 1 heterocycles. The van der Waals surface area contributed by atoms with Crippen molar-refractivity contribution in [3.8, 4) is 0 Å². The summed E-state index contributed by atoms with van der Waals surface area (Å²) in [4.78, 5) is 4.32. The van der Waals surface area contributed by atoms with Gasteiger partial charge in [0.25, 0.3) is 0 Å². The zero-order chi connectivity index (χ0) is 16.2. The number of aromatic nitrogens is 1. The molecule has 0 amide bonds. The van der Waals surface area contributed by atoms with E-state index in [4.69, 9.17) is 0 Å². The molecule has 0 fully saturated rings. The van der Waals surface area contributed by atoms with Gasteiger partial charge < -0.3 is 5.32 Å². The van der Waals surface area contributed by atoms with Gasteiger partial charge >= 0.3 is 0 Å². The standard InChI is InChI=1S/C16H21N3O2S/c1-4-22(20,21)19-15-8-6-14(7-9-15)13(3)18-16-10-5-12(2)11-17-16/h5-11,13,19H,4H2,1-3H3,(H,17,18)/t13-/m0/s1. The van der Waals surface area contributed by atoms with Crippen molar-refractivity contribution in [2.24, 2.45) is 0 Å². The average Bonchev–Trinajstić information content (AvgIpc) is 2.50. The summed E-state index contributed by atoms with van der Waals surface area (Å²) in [6, 6.07) is 11.4. The lowest BCUT2D eigenvalue weighted by molar-refractivity contribution is 0.602. The SMILES string of the molecule is CCS(=O)(=O)Nc1ccc([C@H](C)Nc2ccc(C)cn2)cc1. The number of hydrogen-bond donors (Lipinski definition) is 2. The lowest BCUT2D eigenvalue weighted by atomic mass is 10.1. The maximum absolute atomic E-state index is 11.5. The minimum Gasteiger partial charge on any atom is -0.364 e. The molecular formula is C16H21N3O2S. The van der Waals surface area contributed by atoms with Crippen molar-refractivity contribution in [3.05, 3.63) is 53.7 Å². The first-order chi connectivity index (χ1) is 10.4. The quantitative estimate of drug-likeness (QED) is 0.857. The van der Waals surface area contributed by atoms with E-state index in [1.165, 1.54) is 0 Å². The molecule has 0 unspecified atom stereocenters. The third-order valence-electron chi connectivity index (χ3n) is 3.34. The number of benzene rings is 1. The Bertz CT molecular complexity index is 710. The molecule has 2 rings (SSSR count). The van der Waals surface area contributed by atoms with Crippen LogP contribution in [0.25, 0.3) is 0 Å². The van der Waals surface area contributed by atoms with Crippen molar-refractivity contribution in [1.82, 2.24) is 4.98 Å². The predicted molar refractivity (Wildman–Crippen MR) is 90.5 cm³/mol. The highest BCUT2D eigenvalue weighted by Crippen LogP contribution is 2.20. The molecule has 0 aliphatic rings. The summed E-state index contributed by atoms with van der Waals surface area (Å²) >= 11 is 0. The number of nitrogens with zero attached hydrogens (tertiary/aromatic N) is 1. The van der Waals surface area contributed by atoms with Crippen LogP contribution in [0.4, 0.5) is 11.5 Å². The van der Waals surface area contributed by atoms with Crippen molar-refractivity contribution in [2.75, 3.05) is 15.8 Å². The Hall–Kier alpha value is -2.08. The molecule has 1 aromatic carbocycles. The van der Waals surface area contributed by atoms with Crippen LogP contribution in [0.1, 0.15) is 31.0 Å². The molecule has 0 aliphatic heterocycles. The Kier molecular flexibility index (Phi) is 5.03. The van der Waals surface area contributed by atoms with Crippen LogP contribution in [0.2, 0.25) is 0 Å². The number of anilines is 2. The van der Waals surface area contributed by atoms with E-state index in [9.17, 15) is 8.42 Å². The number of aryl methyl sites for hydroxylation is 1. The van der Waals surface area contributed by atoms with Gasteiger partial charge in [-0.1, -0.05) is 18.2 Å². The summed E-state index contributed by atoms with van der Waals surface area (Å²) in [7, 11) is -3.23. The number of pyridine rings is 1. The zero-order valence-corrected chi connectivity index (χ0v) is 13.8. The molecular weight excluding hydrogens is 298 g/mol. The van der Waals surface area contributed by atoms with Gasteiger partial charge in [-0.25, -0.2) is 13.4 Å². The number of hydrogen-bond acceptors (Lipinski definition) is 4. The van der Waals surface area contributed by atoms with E-state index in [-0.39, 0.29) is 11.8 Å². The van der Waals surface area contributed by atoms with Gasteiger partial charge in [-0.2, -0.15) is 0 Å². The highest BCUT2D eigenvalue weighted by Gasteiger charge is 2.09. The first-order valence-corrected chi connectivity index (χ1v) is 8.84. The van der Waals surface area contributed by atoms with E-state index >= 15 is 0 Å². The van der Waals surface area contributed by atoms with Gasteiger partial charge in [-0.05, 0) is 50.1 Å². The zero-order valence-electron chi connectivity index (χ0n) is 13.0. The van der Waals surface area contributed by atoms with E-state index in [0.717, 1.165) is 16.9 Å². The molecule has 0 aliphatic carbocycles. The molecule has 2 N–H and O–H groups in total. The molecule has 1 atom stereocenters. The third kappa shape index (κ3) is 4.46. The second-order valence-electron chi connectivity index (χ2n) is 5.21. The molecule has 0 saturated heterocycles. The van der Waals surface area contributed by atoms with Crippen LogP contribution in [-0.4, -0.2) is 19.2 Å². The second kappa shape index (κ2) is 6.79. The fraction of sp³-hybridized carbons (Fsp3) is 0.312. The summed E-state index contributed by atoms with van der Waals surface area (Å²) in [5.41, 5.74) is 2.75. The smallest absolute Gasteiger partial charge is 0.232 e. The van der Waals surface area contributed by atoms with Gasteiger partial charge in [-0.15, -0.1) is 0 Å². The average molecular weight is 319 g/mol. The minimum atomic E-state index is -3.23. The summed E-state index contributed by atoms with van der Waals surface area (Å²) in [6.07, 6.45) is 1.82. The lowest BCUT2D eigenvalue weighted by Crippen LogP contribution is -2.14. The Morgan fingerprint density at radius 2 is 1.82 bits per heavy atom. The molecule has 0 spiro atoms. The maximum atomic E-state index is 11.5. The maximum Gasteiger partial charge on any atom is 0.232 e. The van der Waals surface area contributed by atoms with E-state index in [0.29, 0.717) is 5.69 Å². The second-order valence-corrected chi connectivity index (χ2v) is 7.23. The van der Waals surface area contributed by atoms with Crippen LogP contribution >= 0.6 is 0 Å². The number of nitrogens with one attached hydrogen (secondary N) is 2. The third-order valence-corrected chi connectivity index (χ3v) is 4.65. The van der Waals surface area contributed by atoms with Gasteiger partial charge in [0.15, 0.2) is 0 Å². The van der Waals surface area contributed by atoms with Crippen molar-refractivity contribution >= 4 is 21.5 Å². The van der Waals surface area contributed by atoms with Gasteiger partial charge in [0, 0.05) is 17.9 Å². The van der Waals surface area contributed by atoms with Crippen molar-refractivity contribution in [1.29, 1.82) is 0 Å².